The van der Waals surface area contributed by atoms with Gasteiger partial charge in [-0.1, -0.05) is 72.8 Å². The molecule has 0 saturated carbocycles. The van der Waals surface area contributed by atoms with Crippen LogP contribution in [-0.4, -0.2) is 67.4 Å². The van der Waals surface area contributed by atoms with Crippen LogP contribution in [0.4, 0.5) is 0 Å². The molecule has 2 fully saturated rings. The molecule has 2 atom stereocenters. The number of aliphatic hydroxyl groups excluding tert-OH is 1. The molecule has 1 N–H and O–H groups in total. The van der Waals surface area contributed by atoms with Crippen molar-refractivity contribution in [3.05, 3.63) is 102 Å². The van der Waals surface area contributed by atoms with Gasteiger partial charge in [0, 0.05) is 44.8 Å². The fourth-order valence-electron chi connectivity index (χ4n) is 4.97. The van der Waals surface area contributed by atoms with Gasteiger partial charge < -0.3 is 24.2 Å². The summed E-state index contributed by atoms with van der Waals surface area (Å²) in [5.74, 6) is 0.865. The maximum Gasteiger partial charge on any atom is 0.185 e. The number of rotatable bonds is 10. The third kappa shape index (κ3) is 6.33. The van der Waals surface area contributed by atoms with Crippen LogP contribution in [0.5, 0.6) is 5.75 Å². The summed E-state index contributed by atoms with van der Waals surface area (Å²) < 4.78 is 18.9. The van der Waals surface area contributed by atoms with Gasteiger partial charge in [-0.3, -0.25) is 4.90 Å². The monoisotopic (exact) mass is 488 g/mol. The summed E-state index contributed by atoms with van der Waals surface area (Å²) in [4.78, 5) is 4.79. The molecule has 0 bridgehead atoms. The average Bonchev–Trinajstić information content (AvgIpc) is 3.39. The Morgan fingerprint density at radius 3 is 1.72 bits per heavy atom. The minimum Gasteiger partial charge on any atom is -0.494 e. The second-order valence-corrected chi connectivity index (χ2v) is 9.44. The standard InChI is InChI=1S/C30H36N2O4/c33-22-21-32-19-17-31(18-20-32)16-7-23-34-27-14-12-26(13-15-27)30-35-28(24-8-3-1-4-9-24)29(36-30)25-10-5-2-6-11-25/h1-6,8-15,28-30,33H,7,16-23H2. The Kier molecular flexibility index (Phi) is 8.64. The van der Waals surface area contributed by atoms with Crippen molar-refractivity contribution in [3.8, 4) is 5.75 Å². The second-order valence-electron chi connectivity index (χ2n) is 9.44. The lowest BCUT2D eigenvalue weighted by Crippen LogP contribution is -2.47. The van der Waals surface area contributed by atoms with Crippen LogP contribution in [0.2, 0.25) is 0 Å². The molecule has 0 aliphatic carbocycles. The van der Waals surface area contributed by atoms with Crippen LogP contribution in [-0.2, 0) is 9.47 Å². The molecule has 2 saturated heterocycles. The number of aliphatic hydroxyl groups is 1. The van der Waals surface area contributed by atoms with E-state index in [1.807, 2.05) is 60.7 Å². The van der Waals surface area contributed by atoms with Crippen LogP contribution in [0.1, 0.15) is 41.6 Å². The summed E-state index contributed by atoms with van der Waals surface area (Å²) in [6.45, 7) is 6.94. The third-order valence-corrected chi connectivity index (χ3v) is 6.99. The van der Waals surface area contributed by atoms with Crippen LogP contribution in [0.3, 0.4) is 0 Å². The molecule has 0 amide bonds. The zero-order valence-electron chi connectivity index (χ0n) is 20.7. The van der Waals surface area contributed by atoms with E-state index in [-0.39, 0.29) is 18.8 Å². The number of ether oxygens (including phenoxy) is 3. The first kappa shape index (κ1) is 24.9. The smallest absolute Gasteiger partial charge is 0.185 e. The zero-order chi connectivity index (χ0) is 24.6. The zero-order valence-corrected chi connectivity index (χ0v) is 20.7. The van der Waals surface area contributed by atoms with Gasteiger partial charge in [0.25, 0.3) is 0 Å². The quantitative estimate of drug-likeness (QED) is 0.421. The summed E-state index contributed by atoms with van der Waals surface area (Å²) in [7, 11) is 0. The van der Waals surface area contributed by atoms with E-state index in [9.17, 15) is 0 Å². The van der Waals surface area contributed by atoms with E-state index >= 15 is 0 Å². The first-order valence-corrected chi connectivity index (χ1v) is 13.0. The van der Waals surface area contributed by atoms with Crippen molar-refractivity contribution in [3.63, 3.8) is 0 Å². The molecule has 0 aromatic heterocycles. The van der Waals surface area contributed by atoms with E-state index in [0.29, 0.717) is 6.61 Å². The molecule has 3 aromatic carbocycles. The van der Waals surface area contributed by atoms with Gasteiger partial charge in [0.15, 0.2) is 6.29 Å². The van der Waals surface area contributed by atoms with Gasteiger partial charge >= 0.3 is 0 Å². The number of β-amino-alcohol motifs (C(OH)–C–C–N with tert-alkyl or cyclic N) is 1. The minimum absolute atomic E-state index is 0.167. The van der Waals surface area contributed by atoms with Crippen molar-refractivity contribution in [2.24, 2.45) is 0 Å². The van der Waals surface area contributed by atoms with Gasteiger partial charge in [0.05, 0.1) is 13.2 Å². The lowest BCUT2D eigenvalue weighted by molar-refractivity contribution is -0.0698. The van der Waals surface area contributed by atoms with Crippen molar-refractivity contribution >= 4 is 0 Å². The molecule has 5 rings (SSSR count). The molecule has 2 aliphatic rings. The lowest BCUT2D eigenvalue weighted by atomic mass is 9.99. The van der Waals surface area contributed by atoms with Crippen molar-refractivity contribution in [1.29, 1.82) is 0 Å². The maximum atomic E-state index is 9.08. The Labute approximate surface area is 214 Å². The molecule has 2 aliphatic heterocycles. The van der Waals surface area contributed by atoms with Crippen LogP contribution < -0.4 is 4.74 Å². The number of piperazine rings is 1. The van der Waals surface area contributed by atoms with Gasteiger partial charge in [-0.2, -0.15) is 0 Å². The third-order valence-electron chi connectivity index (χ3n) is 6.99. The Morgan fingerprint density at radius 2 is 1.19 bits per heavy atom. The van der Waals surface area contributed by atoms with E-state index in [2.05, 4.69) is 34.1 Å². The molecule has 6 nitrogen and oxygen atoms in total. The number of hydrogen-bond acceptors (Lipinski definition) is 6. The van der Waals surface area contributed by atoms with E-state index in [0.717, 1.165) is 68.1 Å². The fourth-order valence-corrected chi connectivity index (χ4v) is 4.97. The van der Waals surface area contributed by atoms with Crippen LogP contribution in [0.25, 0.3) is 0 Å². The van der Waals surface area contributed by atoms with Crippen LogP contribution >= 0.6 is 0 Å². The summed E-state index contributed by atoms with van der Waals surface area (Å²) in [5.41, 5.74) is 3.22. The Bertz CT molecular complexity index is 992. The Balaban J connectivity index is 1.14. The Hall–Kier alpha value is -2.74. The molecule has 3 aromatic rings. The lowest BCUT2D eigenvalue weighted by Gasteiger charge is -2.34. The SMILES string of the molecule is OCCN1CCN(CCCOc2ccc(C3OC(c4ccccc4)C(c4ccccc4)O3)cc2)CC1. The van der Waals surface area contributed by atoms with Gasteiger partial charge in [-0.25, -0.2) is 0 Å². The molecule has 0 radical (unpaired) electrons. The second kappa shape index (κ2) is 12.5. The van der Waals surface area contributed by atoms with Gasteiger partial charge in [0.1, 0.15) is 18.0 Å². The van der Waals surface area contributed by atoms with Gasteiger partial charge in [0.2, 0.25) is 0 Å². The largest absolute Gasteiger partial charge is 0.494 e. The van der Waals surface area contributed by atoms with Crippen LogP contribution in [0, 0.1) is 0 Å². The number of benzene rings is 3. The van der Waals surface area contributed by atoms with Crippen molar-refractivity contribution in [1.82, 2.24) is 9.80 Å². The molecule has 190 valence electrons. The van der Waals surface area contributed by atoms with Crippen molar-refractivity contribution in [2.45, 2.75) is 24.9 Å². The minimum atomic E-state index is -0.432. The fraction of sp³-hybridized carbons (Fsp3) is 0.400. The Morgan fingerprint density at radius 1 is 0.667 bits per heavy atom. The molecule has 0 spiro atoms. The van der Waals surface area contributed by atoms with Gasteiger partial charge in [-0.05, 0) is 29.7 Å². The first-order chi connectivity index (χ1) is 17.8. The summed E-state index contributed by atoms with van der Waals surface area (Å²) in [6, 6.07) is 28.7. The molecule has 2 heterocycles. The highest BCUT2D eigenvalue weighted by Gasteiger charge is 2.38. The highest BCUT2D eigenvalue weighted by Crippen LogP contribution is 2.47. The van der Waals surface area contributed by atoms with E-state index in [1.54, 1.807) is 0 Å². The van der Waals surface area contributed by atoms with Gasteiger partial charge in [-0.15, -0.1) is 0 Å². The first-order valence-electron chi connectivity index (χ1n) is 13.0. The number of nitrogens with zero attached hydrogens (tertiary/aromatic N) is 2. The van der Waals surface area contributed by atoms with Crippen LogP contribution in [0.15, 0.2) is 84.9 Å². The highest BCUT2D eigenvalue weighted by molar-refractivity contribution is 5.30. The molecular weight excluding hydrogens is 452 g/mol. The van der Waals surface area contributed by atoms with Crippen molar-refractivity contribution < 1.29 is 19.3 Å². The predicted molar refractivity (Wildman–Crippen MR) is 140 cm³/mol. The predicted octanol–water partition coefficient (Wildman–Crippen LogP) is 4.59. The highest BCUT2D eigenvalue weighted by atomic mass is 16.7. The molecule has 6 heteroatoms. The molecular formula is C30H36N2O4. The summed E-state index contributed by atoms with van der Waals surface area (Å²) in [6.07, 6.45) is 0.229. The maximum absolute atomic E-state index is 9.08. The summed E-state index contributed by atoms with van der Waals surface area (Å²) >= 11 is 0. The van der Waals surface area contributed by atoms with E-state index < -0.39 is 6.29 Å². The summed E-state index contributed by atoms with van der Waals surface area (Å²) in [5, 5.41) is 9.08. The molecule has 2 unspecified atom stereocenters. The number of hydrogen-bond donors (Lipinski definition) is 1. The normalized spacial score (nSPS) is 23.1. The van der Waals surface area contributed by atoms with E-state index in [4.69, 9.17) is 19.3 Å². The average molecular weight is 489 g/mol. The van der Waals surface area contributed by atoms with Crippen molar-refractivity contribution in [2.75, 3.05) is 52.5 Å². The van der Waals surface area contributed by atoms with E-state index in [1.165, 1.54) is 0 Å². The molecule has 36 heavy (non-hydrogen) atoms. The topological polar surface area (TPSA) is 54.4 Å².